The topological polar surface area (TPSA) is 89.0 Å². The Kier molecular flexibility index (Phi) is 10.4. The molecule has 0 spiro atoms. The van der Waals surface area contributed by atoms with Gasteiger partial charge in [-0.05, 0) is 85.2 Å². The van der Waals surface area contributed by atoms with Crippen LogP contribution in [0.5, 0.6) is 11.5 Å². The van der Waals surface area contributed by atoms with Gasteiger partial charge in [0.1, 0.15) is 6.04 Å². The summed E-state index contributed by atoms with van der Waals surface area (Å²) in [6, 6.07) is 9.47. The molecule has 33 heavy (non-hydrogen) atoms. The predicted octanol–water partition coefficient (Wildman–Crippen LogP) is 5.04. The quantitative estimate of drug-likeness (QED) is 0.232. The Morgan fingerprint density at radius 1 is 1.18 bits per heavy atom. The Labute approximate surface area is 213 Å². The maximum atomic E-state index is 12.7. The van der Waals surface area contributed by atoms with E-state index in [1.165, 1.54) is 6.21 Å². The van der Waals surface area contributed by atoms with Crippen LogP contribution >= 0.6 is 34.2 Å². The van der Waals surface area contributed by atoms with Crippen LogP contribution in [0.3, 0.4) is 0 Å². The fourth-order valence-electron chi connectivity index (χ4n) is 2.90. The predicted molar refractivity (Wildman–Crippen MR) is 139 cm³/mol. The lowest BCUT2D eigenvalue weighted by atomic mass is 10.0. The fourth-order valence-corrected chi connectivity index (χ4v) is 3.85. The Balaban J connectivity index is 2.12. The van der Waals surface area contributed by atoms with Gasteiger partial charge in [-0.25, -0.2) is 5.43 Å². The summed E-state index contributed by atoms with van der Waals surface area (Å²) in [6.45, 7) is 9.98. The van der Waals surface area contributed by atoms with Crippen LogP contribution in [-0.4, -0.2) is 36.8 Å². The van der Waals surface area contributed by atoms with Crippen LogP contribution in [0.1, 0.15) is 50.5 Å². The molecule has 0 fully saturated rings. The SMILES string of the molecule is CCOc1cc(/C=N\NC(=O)C(NC(=O)c2cccc(Cl)c2)C(C)C)cc(I)c1OC(C)C. The molecule has 178 valence electrons. The highest BCUT2D eigenvalue weighted by molar-refractivity contribution is 14.1. The second-order valence-corrected chi connectivity index (χ2v) is 9.47. The molecule has 0 aliphatic carbocycles. The lowest BCUT2D eigenvalue weighted by molar-refractivity contribution is -0.123. The van der Waals surface area contributed by atoms with Crippen molar-refractivity contribution >= 4 is 52.2 Å². The maximum Gasteiger partial charge on any atom is 0.262 e. The number of ether oxygens (including phenoxy) is 2. The van der Waals surface area contributed by atoms with Crippen LogP contribution in [-0.2, 0) is 4.79 Å². The number of hydrogen-bond acceptors (Lipinski definition) is 5. The lowest BCUT2D eigenvalue weighted by Crippen LogP contribution is -2.48. The van der Waals surface area contributed by atoms with Crippen molar-refractivity contribution in [1.29, 1.82) is 0 Å². The molecule has 1 atom stereocenters. The van der Waals surface area contributed by atoms with Gasteiger partial charge in [0.25, 0.3) is 11.8 Å². The largest absolute Gasteiger partial charge is 0.490 e. The van der Waals surface area contributed by atoms with E-state index in [-0.39, 0.29) is 17.9 Å². The van der Waals surface area contributed by atoms with Crippen LogP contribution in [0.15, 0.2) is 41.5 Å². The molecule has 2 aromatic carbocycles. The summed E-state index contributed by atoms with van der Waals surface area (Å²) in [5, 5.41) is 7.27. The minimum absolute atomic E-state index is 0.00613. The summed E-state index contributed by atoms with van der Waals surface area (Å²) in [5.74, 6) is 0.335. The van der Waals surface area contributed by atoms with E-state index in [0.717, 1.165) is 9.13 Å². The molecule has 2 N–H and O–H groups in total. The highest BCUT2D eigenvalue weighted by atomic mass is 127. The van der Waals surface area contributed by atoms with Gasteiger partial charge in [-0.15, -0.1) is 0 Å². The molecule has 0 radical (unpaired) electrons. The average Bonchev–Trinajstić information content (AvgIpc) is 2.74. The Morgan fingerprint density at radius 2 is 1.91 bits per heavy atom. The molecule has 9 heteroatoms. The van der Waals surface area contributed by atoms with E-state index in [0.29, 0.717) is 28.7 Å². The third-order valence-corrected chi connectivity index (χ3v) is 5.43. The van der Waals surface area contributed by atoms with Crippen molar-refractivity contribution in [3.8, 4) is 11.5 Å². The number of benzene rings is 2. The van der Waals surface area contributed by atoms with Crippen LogP contribution in [0.25, 0.3) is 0 Å². The molecule has 0 aliphatic heterocycles. The zero-order valence-corrected chi connectivity index (χ0v) is 22.2. The zero-order valence-electron chi connectivity index (χ0n) is 19.3. The zero-order chi connectivity index (χ0) is 24.5. The van der Waals surface area contributed by atoms with E-state index in [1.807, 2.05) is 40.7 Å². The molecule has 2 rings (SSSR count). The monoisotopic (exact) mass is 585 g/mol. The van der Waals surface area contributed by atoms with Crippen molar-refractivity contribution in [3.63, 3.8) is 0 Å². The first-order chi connectivity index (χ1) is 15.6. The Hall–Kier alpha value is -2.33. The second-order valence-electron chi connectivity index (χ2n) is 7.87. The first-order valence-electron chi connectivity index (χ1n) is 10.6. The standard InChI is InChI=1S/C24H29ClIN3O4/c1-6-32-20-11-16(10-19(26)22(20)33-15(4)5)13-27-29-24(31)21(14(2)3)28-23(30)17-8-7-9-18(25)12-17/h7-15,21H,6H2,1-5H3,(H,28,30)(H,29,31)/b27-13-. The van der Waals surface area contributed by atoms with Crippen LogP contribution in [0.4, 0.5) is 0 Å². The summed E-state index contributed by atoms with van der Waals surface area (Å²) in [4.78, 5) is 25.3. The van der Waals surface area contributed by atoms with E-state index in [4.69, 9.17) is 21.1 Å². The number of rotatable bonds is 10. The van der Waals surface area contributed by atoms with Crippen LogP contribution in [0, 0.1) is 9.49 Å². The first kappa shape index (κ1) is 26.9. The average molecular weight is 586 g/mol. The Morgan fingerprint density at radius 3 is 2.52 bits per heavy atom. The third-order valence-electron chi connectivity index (χ3n) is 4.40. The number of carbonyl (C=O) groups is 2. The summed E-state index contributed by atoms with van der Waals surface area (Å²) >= 11 is 8.14. The highest BCUT2D eigenvalue weighted by Crippen LogP contribution is 2.34. The van der Waals surface area contributed by atoms with Crippen molar-refractivity contribution in [2.75, 3.05) is 6.61 Å². The number of halogens is 2. The molecule has 7 nitrogen and oxygen atoms in total. The smallest absolute Gasteiger partial charge is 0.262 e. The highest BCUT2D eigenvalue weighted by Gasteiger charge is 2.24. The second kappa shape index (κ2) is 12.8. The minimum Gasteiger partial charge on any atom is -0.490 e. The minimum atomic E-state index is -0.769. The molecule has 2 amide bonds. The van der Waals surface area contributed by atoms with Gasteiger partial charge in [-0.1, -0.05) is 31.5 Å². The van der Waals surface area contributed by atoms with E-state index in [1.54, 1.807) is 30.3 Å². The molecule has 0 saturated carbocycles. The normalized spacial score (nSPS) is 12.2. The molecule has 2 aromatic rings. The van der Waals surface area contributed by atoms with Gasteiger partial charge >= 0.3 is 0 Å². The van der Waals surface area contributed by atoms with Crippen molar-refractivity contribution in [2.24, 2.45) is 11.0 Å². The first-order valence-corrected chi connectivity index (χ1v) is 12.1. The maximum absolute atomic E-state index is 12.7. The van der Waals surface area contributed by atoms with Gasteiger partial charge in [-0.3, -0.25) is 9.59 Å². The van der Waals surface area contributed by atoms with Crippen molar-refractivity contribution in [3.05, 3.63) is 56.1 Å². The van der Waals surface area contributed by atoms with Gasteiger partial charge in [0.05, 0.1) is 22.5 Å². The van der Waals surface area contributed by atoms with Crippen molar-refractivity contribution in [2.45, 2.75) is 46.8 Å². The van der Waals surface area contributed by atoms with Gasteiger partial charge in [-0.2, -0.15) is 5.10 Å². The summed E-state index contributed by atoms with van der Waals surface area (Å²) in [7, 11) is 0. The molecule has 0 saturated heterocycles. The third kappa shape index (κ3) is 8.19. The molecule has 0 aromatic heterocycles. The molecular formula is C24H29ClIN3O4. The molecule has 0 heterocycles. The Bertz CT molecular complexity index is 1010. The van der Waals surface area contributed by atoms with Crippen molar-refractivity contribution < 1.29 is 19.1 Å². The van der Waals surface area contributed by atoms with E-state index in [9.17, 15) is 9.59 Å². The van der Waals surface area contributed by atoms with Gasteiger partial charge in [0, 0.05) is 10.6 Å². The van der Waals surface area contributed by atoms with Crippen molar-refractivity contribution in [1.82, 2.24) is 10.7 Å². The van der Waals surface area contributed by atoms with Crippen LogP contribution < -0.4 is 20.2 Å². The number of amides is 2. The lowest BCUT2D eigenvalue weighted by Gasteiger charge is -2.20. The van der Waals surface area contributed by atoms with E-state index in [2.05, 4.69) is 38.4 Å². The number of carbonyl (C=O) groups excluding carboxylic acids is 2. The van der Waals surface area contributed by atoms with Gasteiger partial charge < -0.3 is 14.8 Å². The summed E-state index contributed by atoms with van der Waals surface area (Å²) in [5.41, 5.74) is 3.63. The fraction of sp³-hybridized carbons (Fsp3) is 0.375. The summed E-state index contributed by atoms with van der Waals surface area (Å²) in [6.07, 6.45) is 1.53. The molecule has 0 aliphatic rings. The van der Waals surface area contributed by atoms with E-state index >= 15 is 0 Å². The number of nitrogens with one attached hydrogen (secondary N) is 2. The number of hydrogen-bond donors (Lipinski definition) is 2. The molecular weight excluding hydrogens is 557 g/mol. The number of hydrazone groups is 1. The van der Waals surface area contributed by atoms with Gasteiger partial charge in [0.2, 0.25) is 0 Å². The van der Waals surface area contributed by atoms with Crippen LogP contribution in [0.2, 0.25) is 5.02 Å². The molecule has 0 bridgehead atoms. The number of nitrogens with zero attached hydrogens (tertiary/aromatic N) is 1. The molecule has 1 unspecified atom stereocenters. The van der Waals surface area contributed by atoms with E-state index < -0.39 is 11.9 Å². The van der Waals surface area contributed by atoms with Gasteiger partial charge in [0.15, 0.2) is 11.5 Å². The summed E-state index contributed by atoms with van der Waals surface area (Å²) < 4.78 is 12.5.